The minimum Gasteiger partial charge on any atom is -0.352 e. The second-order valence-electron chi connectivity index (χ2n) is 4.33. The van der Waals surface area contributed by atoms with Crippen LogP contribution in [0.3, 0.4) is 0 Å². The van der Waals surface area contributed by atoms with E-state index < -0.39 is 5.79 Å². The SMILES string of the molecule is CCCC/C=C\CC1NCCC1(OC)OC. The van der Waals surface area contributed by atoms with Crippen LogP contribution in [0, 0.1) is 0 Å². The fourth-order valence-corrected chi connectivity index (χ4v) is 2.26. The zero-order chi connectivity index (χ0) is 11.9. The molecule has 1 atom stereocenters. The summed E-state index contributed by atoms with van der Waals surface area (Å²) in [7, 11) is 3.45. The number of hydrogen-bond donors (Lipinski definition) is 1. The molecular weight excluding hydrogens is 202 g/mol. The van der Waals surface area contributed by atoms with E-state index in [1.807, 2.05) is 0 Å². The third kappa shape index (κ3) is 3.30. The molecule has 1 fully saturated rings. The van der Waals surface area contributed by atoms with Crippen LogP contribution in [-0.2, 0) is 9.47 Å². The van der Waals surface area contributed by atoms with Gasteiger partial charge in [0.2, 0.25) is 0 Å². The molecule has 1 heterocycles. The molecule has 1 N–H and O–H groups in total. The summed E-state index contributed by atoms with van der Waals surface area (Å²) in [4.78, 5) is 0. The maximum Gasteiger partial charge on any atom is 0.184 e. The first-order valence-corrected chi connectivity index (χ1v) is 6.27. The van der Waals surface area contributed by atoms with E-state index in [2.05, 4.69) is 24.4 Å². The first kappa shape index (κ1) is 13.7. The Kier molecular flexibility index (Phi) is 6.03. The van der Waals surface area contributed by atoms with Crippen LogP contribution in [0.2, 0.25) is 0 Å². The molecule has 0 saturated carbocycles. The van der Waals surface area contributed by atoms with Gasteiger partial charge in [0.05, 0.1) is 6.04 Å². The number of methoxy groups -OCH3 is 2. The number of unbranched alkanes of at least 4 members (excludes halogenated alkanes) is 2. The summed E-state index contributed by atoms with van der Waals surface area (Å²) in [5, 5.41) is 3.44. The highest BCUT2D eigenvalue weighted by molar-refractivity contribution is 4.97. The van der Waals surface area contributed by atoms with E-state index in [1.54, 1.807) is 14.2 Å². The van der Waals surface area contributed by atoms with Crippen LogP contribution >= 0.6 is 0 Å². The molecule has 3 nitrogen and oxygen atoms in total. The standard InChI is InChI=1S/C13H25NO2/c1-4-5-6-7-8-9-12-13(15-2,16-3)10-11-14-12/h7-8,12,14H,4-6,9-11H2,1-3H3/b8-7-. The molecule has 0 aromatic heterocycles. The zero-order valence-corrected chi connectivity index (χ0v) is 10.8. The molecule has 16 heavy (non-hydrogen) atoms. The van der Waals surface area contributed by atoms with Gasteiger partial charge in [-0.2, -0.15) is 0 Å². The van der Waals surface area contributed by atoms with Crippen molar-refractivity contribution in [2.24, 2.45) is 0 Å². The number of ether oxygens (including phenoxy) is 2. The van der Waals surface area contributed by atoms with Gasteiger partial charge in [0.1, 0.15) is 0 Å². The quantitative estimate of drug-likeness (QED) is 0.412. The summed E-state index contributed by atoms with van der Waals surface area (Å²) in [6.45, 7) is 3.18. The number of nitrogens with one attached hydrogen (secondary N) is 1. The summed E-state index contributed by atoms with van der Waals surface area (Å²) < 4.78 is 11.0. The smallest absolute Gasteiger partial charge is 0.184 e. The van der Waals surface area contributed by atoms with Crippen molar-refractivity contribution >= 4 is 0 Å². The fraction of sp³-hybridized carbons (Fsp3) is 0.846. The minimum atomic E-state index is -0.422. The van der Waals surface area contributed by atoms with Gasteiger partial charge < -0.3 is 14.8 Å². The van der Waals surface area contributed by atoms with Crippen LogP contribution in [-0.4, -0.2) is 32.6 Å². The summed E-state index contributed by atoms with van der Waals surface area (Å²) in [6.07, 6.45) is 10.1. The highest BCUT2D eigenvalue weighted by Gasteiger charge is 2.42. The van der Waals surface area contributed by atoms with Gasteiger partial charge in [-0.05, 0) is 12.8 Å². The summed E-state index contributed by atoms with van der Waals surface area (Å²) >= 11 is 0. The van der Waals surface area contributed by atoms with Crippen molar-refractivity contribution in [3.8, 4) is 0 Å². The number of allylic oxidation sites excluding steroid dienone is 1. The highest BCUT2D eigenvalue weighted by Crippen LogP contribution is 2.28. The van der Waals surface area contributed by atoms with E-state index in [1.165, 1.54) is 19.3 Å². The van der Waals surface area contributed by atoms with E-state index in [9.17, 15) is 0 Å². The number of hydrogen-bond acceptors (Lipinski definition) is 3. The van der Waals surface area contributed by atoms with Crippen molar-refractivity contribution in [3.63, 3.8) is 0 Å². The molecule has 3 heteroatoms. The van der Waals surface area contributed by atoms with Gasteiger partial charge in [0, 0.05) is 27.2 Å². The fourth-order valence-electron chi connectivity index (χ4n) is 2.26. The molecule has 1 rings (SSSR count). The Morgan fingerprint density at radius 2 is 2.06 bits per heavy atom. The molecule has 1 aliphatic rings. The van der Waals surface area contributed by atoms with Crippen molar-refractivity contribution < 1.29 is 9.47 Å². The van der Waals surface area contributed by atoms with E-state index in [0.717, 1.165) is 19.4 Å². The lowest BCUT2D eigenvalue weighted by atomic mass is 10.0. The molecule has 0 aromatic rings. The summed E-state index contributed by atoms with van der Waals surface area (Å²) in [5.41, 5.74) is 0. The Morgan fingerprint density at radius 3 is 2.69 bits per heavy atom. The topological polar surface area (TPSA) is 30.5 Å². The summed E-state index contributed by atoms with van der Waals surface area (Å²) in [6, 6.07) is 0.278. The van der Waals surface area contributed by atoms with Crippen molar-refractivity contribution in [2.45, 2.75) is 50.9 Å². The zero-order valence-electron chi connectivity index (χ0n) is 10.8. The molecule has 1 saturated heterocycles. The molecule has 1 aliphatic heterocycles. The predicted molar refractivity (Wildman–Crippen MR) is 66.4 cm³/mol. The second-order valence-corrected chi connectivity index (χ2v) is 4.33. The maximum atomic E-state index is 5.52. The third-order valence-corrected chi connectivity index (χ3v) is 3.35. The van der Waals surface area contributed by atoms with Crippen LogP contribution in [0.1, 0.15) is 39.0 Å². The normalized spacial score (nSPS) is 24.3. The lowest BCUT2D eigenvalue weighted by molar-refractivity contribution is -0.210. The third-order valence-electron chi connectivity index (χ3n) is 3.35. The average molecular weight is 227 g/mol. The van der Waals surface area contributed by atoms with Gasteiger partial charge in [0.15, 0.2) is 5.79 Å². The van der Waals surface area contributed by atoms with Gasteiger partial charge in [0.25, 0.3) is 0 Å². The lowest BCUT2D eigenvalue weighted by Gasteiger charge is -2.31. The highest BCUT2D eigenvalue weighted by atomic mass is 16.7. The van der Waals surface area contributed by atoms with Crippen LogP contribution in [0.25, 0.3) is 0 Å². The lowest BCUT2D eigenvalue weighted by Crippen LogP contribution is -2.45. The van der Waals surface area contributed by atoms with Crippen molar-refractivity contribution in [1.82, 2.24) is 5.32 Å². The molecule has 0 aromatic carbocycles. The van der Waals surface area contributed by atoms with E-state index in [-0.39, 0.29) is 6.04 Å². The van der Waals surface area contributed by atoms with Gasteiger partial charge in [-0.15, -0.1) is 0 Å². The van der Waals surface area contributed by atoms with Crippen molar-refractivity contribution in [3.05, 3.63) is 12.2 Å². The van der Waals surface area contributed by atoms with Crippen molar-refractivity contribution in [2.75, 3.05) is 20.8 Å². The molecule has 0 amide bonds. The monoisotopic (exact) mass is 227 g/mol. The summed E-state index contributed by atoms with van der Waals surface area (Å²) in [5.74, 6) is -0.422. The Bertz CT molecular complexity index is 212. The minimum absolute atomic E-state index is 0.278. The van der Waals surface area contributed by atoms with Gasteiger partial charge in [-0.1, -0.05) is 31.9 Å². The molecule has 0 aliphatic carbocycles. The van der Waals surface area contributed by atoms with Crippen LogP contribution in [0.5, 0.6) is 0 Å². The van der Waals surface area contributed by atoms with Crippen LogP contribution in [0.4, 0.5) is 0 Å². The van der Waals surface area contributed by atoms with Crippen LogP contribution < -0.4 is 5.32 Å². The Morgan fingerprint density at radius 1 is 1.31 bits per heavy atom. The molecule has 0 radical (unpaired) electrons. The average Bonchev–Trinajstić information content (AvgIpc) is 2.72. The van der Waals surface area contributed by atoms with Gasteiger partial charge in [-0.25, -0.2) is 0 Å². The first-order chi connectivity index (χ1) is 7.79. The van der Waals surface area contributed by atoms with E-state index >= 15 is 0 Å². The van der Waals surface area contributed by atoms with Crippen LogP contribution in [0.15, 0.2) is 12.2 Å². The maximum absolute atomic E-state index is 5.52. The largest absolute Gasteiger partial charge is 0.352 e. The Hall–Kier alpha value is -0.380. The van der Waals surface area contributed by atoms with Crippen molar-refractivity contribution in [1.29, 1.82) is 0 Å². The van der Waals surface area contributed by atoms with E-state index in [0.29, 0.717) is 0 Å². The number of rotatable bonds is 7. The molecule has 0 spiro atoms. The van der Waals surface area contributed by atoms with E-state index in [4.69, 9.17) is 9.47 Å². The Labute approximate surface area is 99.2 Å². The second kappa shape index (κ2) is 7.05. The molecule has 94 valence electrons. The van der Waals surface area contributed by atoms with Gasteiger partial charge >= 0.3 is 0 Å². The molecular formula is C13H25NO2. The first-order valence-electron chi connectivity index (χ1n) is 6.27. The Balaban J connectivity index is 2.37. The molecule has 0 bridgehead atoms. The van der Waals surface area contributed by atoms with Gasteiger partial charge in [-0.3, -0.25) is 0 Å². The predicted octanol–water partition coefficient (Wildman–Crippen LogP) is 2.47. The molecule has 1 unspecified atom stereocenters.